The molecule has 0 spiro atoms. The van der Waals surface area contributed by atoms with Gasteiger partial charge in [-0.3, -0.25) is 4.79 Å². The number of aliphatic carboxylic acids is 1. The number of rotatable bonds is 2. The van der Waals surface area contributed by atoms with Gasteiger partial charge in [-0.25, -0.2) is 0 Å². The van der Waals surface area contributed by atoms with Gasteiger partial charge in [0, 0.05) is 6.42 Å². The van der Waals surface area contributed by atoms with Crippen LogP contribution in [0.4, 0.5) is 0 Å². The molecule has 0 aromatic rings. The first-order valence-corrected chi connectivity index (χ1v) is 4.58. The molecule has 0 unspecified atom stereocenters. The largest absolute Gasteiger partial charge is 0.481 e. The van der Waals surface area contributed by atoms with E-state index in [1.54, 1.807) is 0 Å². The van der Waals surface area contributed by atoms with Gasteiger partial charge in [0.25, 0.3) is 0 Å². The summed E-state index contributed by atoms with van der Waals surface area (Å²) in [7, 11) is 0. The predicted octanol–water partition coefficient (Wildman–Crippen LogP) is 2.69. The highest BCUT2D eigenvalue weighted by Gasteiger charge is 2.18. The van der Waals surface area contributed by atoms with Crippen molar-refractivity contribution in [1.29, 1.82) is 0 Å². The van der Waals surface area contributed by atoms with Gasteiger partial charge >= 0.3 is 5.97 Å². The van der Waals surface area contributed by atoms with Gasteiger partial charge in [0.05, 0.1) is 0 Å². The molecule has 0 aromatic carbocycles. The summed E-state index contributed by atoms with van der Waals surface area (Å²) in [5.41, 5.74) is 0. The molecule has 1 N–H and O–H groups in total. The second kappa shape index (κ2) is 3.93. The third kappa shape index (κ3) is 8.91. The number of hydrogen-bond donors (Lipinski definition) is 1. The van der Waals surface area contributed by atoms with Crippen molar-refractivity contribution in [2.45, 2.75) is 15.0 Å². The summed E-state index contributed by atoms with van der Waals surface area (Å²) >= 11 is 9.53. The number of carbonyl (C=O) groups is 1. The van der Waals surface area contributed by atoms with E-state index in [1.165, 1.54) is 0 Å². The molecule has 0 saturated carbocycles. The quantitative estimate of drug-likeness (QED) is 0.793. The smallest absolute Gasteiger partial charge is 0.303 e. The zero-order chi connectivity index (χ0) is 7.49. The molecule has 0 aliphatic carbocycles. The highest BCUT2D eigenvalue weighted by Crippen LogP contribution is 2.37. The number of hydrogen-bond acceptors (Lipinski definition) is 1. The Kier molecular flexibility index (Phi) is 4.33. The molecule has 0 radical (unpaired) electrons. The average molecular weight is 325 g/mol. The van der Waals surface area contributed by atoms with E-state index in [0.717, 1.165) is 0 Å². The van der Waals surface area contributed by atoms with Crippen LogP contribution in [0, 0.1) is 0 Å². The van der Waals surface area contributed by atoms with Crippen LogP contribution >= 0.6 is 47.8 Å². The van der Waals surface area contributed by atoms with Crippen LogP contribution in [0.3, 0.4) is 0 Å². The molecule has 2 nitrogen and oxygen atoms in total. The molecular formula is C4H5Br3O2. The molecule has 0 heterocycles. The van der Waals surface area contributed by atoms with Crippen molar-refractivity contribution in [2.24, 2.45) is 0 Å². The van der Waals surface area contributed by atoms with Gasteiger partial charge in [-0.2, -0.15) is 0 Å². The zero-order valence-corrected chi connectivity index (χ0v) is 9.16. The van der Waals surface area contributed by atoms with Gasteiger partial charge in [0.2, 0.25) is 0 Å². The van der Waals surface area contributed by atoms with E-state index >= 15 is 0 Å². The molecule has 0 atom stereocenters. The minimum Gasteiger partial charge on any atom is -0.481 e. The van der Waals surface area contributed by atoms with Crippen molar-refractivity contribution in [3.05, 3.63) is 0 Å². The van der Waals surface area contributed by atoms with Crippen molar-refractivity contribution in [3.8, 4) is 0 Å². The zero-order valence-electron chi connectivity index (χ0n) is 4.40. The fourth-order valence-corrected chi connectivity index (χ4v) is 0.843. The van der Waals surface area contributed by atoms with Crippen LogP contribution in [0.1, 0.15) is 12.8 Å². The summed E-state index contributed by atoms with van der Waals surface area (Å²) in [5, 5.41) is 8.21. The first-order chi connectivity index (χ1) is 3.92. The van der Waals surface area contributed by atoms with Crippen molar-refractivity contribution >= 4 is 53.8 Å². The predicted molar refractivity (Wildman–Crippen MR) is 46.4 cm³/mol. The molecule has 0 aliphatic heterocycles. The fraction of sp³-hybridized carbons (Fsp3) is 0.750. The minimum absolute atomic E-state index is 0.141. The molecule has 54 valence electrons. The van der Waals surface area contributed by atoms with Gasteiger partial charge in [0.15, 0.2) is 0 Å². The summed E-state index contributed by atoms with van der Waals surface area (Å²) in [4.78, 5) is 9.98. The molecule has 0 saturated heterocycles. The average Bonchev–Trinajstić information content (AvgIpc) is 1.59. The Morgan fingerprint density at radius 1 is 1.44 bits per heavy atom. The normalized spacial score (nSPS) is 11.4. The highest BCUT2D eigenvalue weighted by atomic mass is 80.0. The highest BCUT2D eigenvalue weighted by molar-refractivity contribution is 9.39. The number of alkyl halides is 3. The van der Waals surface area contributed by atoms with E-state index in [1.807, 2.05) is 0 Å². The molecule has 0 fully saturated rings. The van der Waals surface area contributed by atoms with Crippen molar-refractivity contribution in [1.82, 2.24) is 0 Å². The Morgan fingerprint density at radius 2 is 1.89 bits per heavy atom. The molecule has 0 aromatic heterocycles. The summed E-state index contributed by atoms with van der Waals surface area (Å²) < 4.78 is -0.411. The van der Waals surface area contributed by atoms with Gasteiger partial charge < -0.3 is 5.11 Å². The third-order valence-corrected chi connectivity index (χ3v) is 1.81. The van der Waals surface area contributed by atoms with Crippen LogP contribution in [-0.2, 0) is 4.79 Å². The topological polar surface area (TPSA) is 37.3 Å². The van der Waals surface area contributed by atoms with Crippen molar-refractivity contribution in [2.75, 3.05) is 0 Å². The lowest BCUT2D eigenvalue weighted by Gasteiger charge is -2.08. The summed E-state index contributed by atoms with van der Waals surface area (Å²) in [5.74, 6) is -0.794. The van der Waals surface area contributed by atoms with Crippen LogP contribution in [0.25, 0.3) is 0 Å². The Labute approximate surface area is 78.4 Å². The molecule has 9 heavy (non-hydrogen) atoms. The number of carboxylic acids is 1. The lowest BCUT2D eigenvalue weighted by atomic mass is 10.3. The molecular weight excluding hydrogens is 320 g/mol. The van der Waals surface area contributed by atoms with Gasteiger partial charge in [0.1, 0.15) is 2.14 Å². The van der Waals surface area contributed by atoms with Crippen LogP contribution in [-0.4, -0.2) is 13.2 Å². The Morgan fingerprint density at radius 3 is 2.00 bits per heavy atom. The monoisotopic (exact) mass is 322 g/mol. The first-order valence-electron chi connectivity index (χ1n) is 2.20. The van der Waals surface area contributed by atoms with E-state index < -0.39 is 8.11 Å². The van der Waals surface area contributed by atoms with E-state index in [4.69, 9.17) is 5.11 Å². The van der Waals surface area contributed by atoms with Crippen molar-refractivity contribution in [3.63, 3.8) is 0 Å². The maximum atomic E-state index is 9.98. The van der Waals surface area contributed by atoms with E-state index in [-0.39, 0.29) is 6.42 Å². The molecule has 5 heteroatoms. The van der Waals surface area contributed by atoms with Gasteiger partial charge in [-0.05, 0) is 6.42 Å². The van der Waals surface area contributed by atoms with Gasteiger partial charge in [-0.1, -0.05) is 47.8 Å². The number of halogens is 3. The lowest BCUT2D eigenvalue weighted by molar-refractivity contribution is -0.137. The Bertz CT molecular complexity index is 107. The molecule has 0 amide bonds. The maximum absolute atomic E-state index is 9.98. The van der Waals surface area contributed by atoms with Crippen LogP contribution in [0.15, 0.2) is 0 Å². The summed E-state index contributed by atoms with van der Waals surface area (Å²) in [6.07, 6.45) is 0.643. The Hall–Kier alpha value is 0.910. The second-order valence-electron chi connectivity index (χ2n) is 1.51. The number of carboxylic acid groups (broad SMARTS) is 1. The standard InChI is InChI=1S/C4H5Br3O2/c5-4(6,7)2-1-3(8)9/h1-2H2,(H,8,9). The van der Waals surface area contributed by atoms with Crippen LogP contribution < -0.4 is 0 Å². The van der Waals surface area contributed by atoms with E-state index in [2.05, 4.69) is 47.8 Å². The van der Waals surface area contributed by atoms with Crippen LogP contribution in [0.2, 0.25) is 0 Å². The first kappa shape index (κ1) is 9.91. The minimum atomic E-state index is -0.794. The maximum Gasteiger partial charge on any atom is 0.303 e. The fourth-order valence-electron chi connectivity index (χ4n) is 0.249. The van der Waals surface area contributed by atoms with E-state index in [0.29, 0.717) is 6.42 Å². The molecule has 0 rings (SSSR count). The third-order valence-electron chi connectivity index (χ3n) is 0.622. The molecule has 0 aliphatic rings. The SMILES string of the molecule is O=C(O)CCC(Br)(Br)Br. The summed E-state index contributed by atoms with van der Waals surface area (Å²) in [6.45, 7) is 0. The van der Waals surface area contributed by atoms with E-state index in [9.17, 15) is 4.79 Å². The molecule has 0 bridgehead atoms. The second-order valence-corrected chi connectivity index (χ2v) is 8.76. The van der Waals surface area contributed by atoms with Crippen LogP contribution in [0.5, 0.6) is 0 Å². The summed E-state index contributed by atoms with van der Waals surface area (Å²) in [6, 6.07) is 0. The Balaban J connectivity index is 3.39. The van der Waals surface area contributed by atoms with Crippen molar-refractivity contribution < 1.29 is 9.90 Å². The lowest BCUT2D eigenvalue weighted by Crippen LogP contribution is -2.04. The van der Waals surface area contributed by atoms with Gasteiger partial charge in [-0.15, -0.1) is 0 Å².